The molecule has 0 aliphatic carbocycles. The predicted octanol–water partition coefficient (Wildman–Crippen LogP) is -0.450. The van der Waals surface area contributed by atoms with Gasteiger partial charge in [0.25, 0.3) is 0 Å². The van der Waals surface area contributed by atoms with Crippen molar-refractivity contribution < 1.29 is 4.52 Å². The van der Waals surface area contributed by atoms with E-state index in [1.165, 1.54) is 6.33 Å². The Kier molecular flexibility index (Phi) is 4.33. The van der Waals surface area contributed by atoms with E-state index in [4.69, 9.17) is 10.3 Å². The third-order valence-corrected chi connectivity index (χ3v) is 1.48. The van der Waals surface area contributed by atoms with Crippen LogP contribution in [0.5, 0.6) is 0 Å². The van der Waals surface area contributed by atoms with Gasteiger partial charge in [-0.1, -0.05) is 5.16 Å². The summed E-state index contributed by atoms with van der Waals surface area (Å²) in [6.07, 6.45) is 3.20. The molecule has 1 aromatic rings. The monoisotopic (exact) mass is 170 g/mol. The van der Waals surface area contributed by atoms with Gasteiger partial charge < -0.3 is 15.6 Å². The minimum atomic E-state index is 0.676. The fourth-order valence-corrected chi connectivity index (χ4v) is 0.854. The van der Waals surface area contributed by atoms with Crippen molar-refractivity contribution in [3.05, 3.63) is 12.2 Å². The van der Waals surface area contributed by atoms with Gasteiger partial charge in [0.05, 0.1) is 0 Å². The zero-order valence-corrected chi connectivity index (χ0v) is 6.99. The SMILES string of the molecule is NCCCNCCc1ncno1. The Morgan fingerprint density at radius 2 is 2.42 bits per heavy atom. The van der Waals surface area contributed by atoms with Gasteiger partial charge in [0, 0.05) is 13.0 Å². The second kappa shape index (κ2) is 5.68. The summed E-state index contributed by atoms with van der Waals surface area (Å²) >= 11 is 0. The van der Waals surface area contributed by atoms with Crippen LogP contribution in [-0.2, 0) is 6.42 Å². The Morgan fingerprint density at radius 3 is 3.08 bits per heavy atom. The van der Waals surface area contributed by atoms with Crippen LogP contribution < -0.4 is 11.1 Å². The molecule has 5 nitrogen and oxygen atoms in total. The molecule has 0 fully saturated rings. The lowest BCUT2D eigenvalue weighted by atomic mass is 10.4. The molecule has 68 valence electrons. The Morgan fingerprint density at radius 1 is 1.50 bits per heavy atom. The van der Waals surface area contributed by atoms with Crippen LogP contribution >= 0.6 is 0 Å². The topological polar surface area (TPSA) is 77.0 Å². The third-order valence-electron chi connectivity index (χ3n) is 1.48. The zero-order chi connectivity index (χ0) is 8.65. The minimum absolute atomic E-state index is 0.676. The average Bonchev–Trinajstić information content (AvgIpc) is 2.57. The molecule has 0 unspecified atom stereocenters. The van der Waals surface area contributed by atoms with E-state index < -0.39 is 0 Å². The summed E-state index contributed by atoms with van der Waals surface area (Å²) in [6, 6.07) is 0. The smallest absolute Gasteiger partial charge is 0.227 e. The van der Waals surface area contributed by atoms with Crippen molar-refractivity contribution in [2.45, 2.75) is 12.8 Å². The van der Waals surface area contributed by atoms with Gasteiger partial charge in [-0.15, -0.1) is 0 Å². The van der Waals surface area contributed by atoms with E-state index in [1.807, 2.05) is 0 Å². The van der Waals surface area contributed by atoms with Crippen molar-refractivity contribution in [3.8, 4) is 0 Å². The second-order valence-electron chi connectivity index (χ2n) is 2.48. The highest BCUT2D eigenvalue weighted by Crippen LogP contribution is 1.89. The van der Waals surface area contributed by atoms with Crippen molar-refractivity contribution in [1.82, 2.24) is 15.5 Å². The van der Waals surface area contributed by atoms with E-state index in [2.05, 4.69) is 15.5 Å². The van der Waals surface area contributed by atoms with Gasteiger partial charge in [0.1, 0.15) is 0 Å². The quantitative estimate of drug-likeness (QED) is 0.565. The molecular weight excluding hydrogens is 156 g/mol. The first-order valence-corrected chi connectivity index (χ1v) is 4.10. The van der Waals surface area contributed by atoms with Crippen LogP contribution in [0.4, 0.5) is 0 Å². The van der Waals surface area contributed by atoms with Gasteiger partial charge >= 0.3 is 0 Å². The standard InChI is InChI=1S/C7H14N4O/c8-3-1-4-9-5-2-7-10-6-11-12-7/h6,9H,1-5,8H2. The van der Waals surface area contributed by atoms with E-state index >= 15 is 0 Å². The molecule has 3 N–H and O–H groups in total. The molecule has 0 atom stereocenters. The molecule has 1 heterocycles. The van der Waals surface area contributed by atoms with Crippen LogP contribution in [0.15, 0.2) is 10.9 Å². The summed E-state index contributed by atoms with van der Waals surface area (Å²) in [5, 5.41) is 6.72. The molecule has 0 aromatic carbocycles. The number of hydrogen-bond donors (Lipinski definition) is 2. The maximum atomic E-state index is 5.32. The Bertz CT molecular complexity index is 187. The van der Waals surface area contributed by atoms with Crippen LogP contribution in [0, 0.1) is 0 Å². The van der Waals surface area contributed by atoms with Gasteiger partial charge in [-0.2, -0.15) is 4.98 Å². The minimum Gasteiger partial charge on any atom is -0.340 e. The second-order valence-corrected chi connectivity index (χ2v) is 2.48. The average molecular weight is 170 g/mol. The Hall–Kier alpha value is -0.940. The van der Waals surface area contributed by atoms with Crippen LogP contribution in [0.3, 0.4) is 0 Å². The summed E-state index contributed by atoms with van der Waals surface area (Å²) < 4.78 is 4.81. The van der Waals surface area contributed by atoms with E-state index in [-0.39, 0.29) is 0 Å². The van der Waals surface area contributed by atoms with Crippen LogP contribution in [0.2, 0.25) is 0 Å². The van der Waals surface area contributed by atoms with Crippen LogP contribution in [-0.4, -0.2) is 29.8 Å². The summed E-state index contributed by atoms with van der Waals surface area (Å²) in [4.78, 5) is 3.89. The van der Waals surface area contributed by atoms with Crippen molar-refractivity contribution >= 4 is 0 Å². The lowest BCUT2D eigenvalue weighted by molar-refractivity contribution is 0.375. The lowest BCUT2D eigenvalue weighted by Crippen LogP contribution is -2.20. The maximum absolute atomic E-state index is 5.32. The normalized spacial score (nSPS) is 10.4. The molecule has 0 aliphatic heterocycles. The van der Waals surface area contributed by atoms with Gasteiger partial charge in [-0.25, -0.2) is 0 Å². The number of aromatic nitrogens is 2. The fraction of sp³-hybridized carbons (Fsp3) is 0.714. The molecule has 0 radical (unpaired) electrons. The van der Waals surface area contributed by atoms with Crippen molar-refractivity contribution in [2.75, 3.05) is 19.6 Å². The van der Waals surface area contributed by atoms with E-state index in [9.17, 15) is 0 Å². The summed E-state index contributed by atoms with van der Waals surface area (Å²) in [5.41, 5.74) is 5.32. The molecule has 0 amide bonds. The molecular formula is C7H14N4O. The number of rotatable bonds is 6. The molecule has 12 heavy (non-hydrogen) atoms. The maximum Gasteiger partial charge on any atom is 0.227 e. The number of nitrogens with two attached hydrogens (primary N) is 1. The predicted molar refractivity (Wildman–Crippen MR) is 44.5 cm³/mol. The Labute approximate surface area is 71.3 Å². The fourth-order valence-electron chi connectivity index (χ4n) is 0.854. The third kappa shape index (κ3) is 3.45. The lowest BCUT2D eigenvalue weighted by Gasteiger charge is -1.99. The molecule has 0 saturated heterocycles. The molecule has 0 bridgehead atoms. The highest BCUT2D eigenvalue weighted by Gasteiger charge is 1.96. The van der Waals surface area contributed by atoms with Crippen LogP contribution in [0.25, 0.3) is 0 Å². The summed E-state index contributed by atoms with van der Waals surface area (Å²) in [6.45, 7) is 2.54. The zero-order valence-electron chi connectivity index (χ0n) is 6.99. The van der Waals surface area contributed by atoms with Crippen molar-refractivity contribution in [3.63, 3.8) is 0 Å². The molecule has 0 saturated carbocycles. The number of nitrogens with one attached hydrogen (secondary N) is 1. The summed E-state index contributed by atoms with van der Waals surface area (Å²) in [7, 11) is 0. The number of hydrogen-bond acceptors (Lipinski definition) is 5. The van der Waals surface area contributed by atoms with E-state index in [0.717, 1.165) is 32.5 Å². The highest BCUT2D eigenvalue weighted by molar-refractivity contribution is 4.74. The van der Waals surface area contributed by atoms with Gasteiger partial charge in [-0.3, -0.25) is 0 Å². The first-order valence-electron chi connectivity index (χ1n) is 4.10. The highest BCUT2D eigenvalue weighted by atomic mass is 16.5. The first kappa shape index (κ1) is 9.15. The molecule has 1 rings (SSSR count). The molecule has 0 spiro atoms. The van der Waals surface area contributed by atoms with Crippen LogP contribution in [0.1, 0.15) is 12.3 Å². The van der Waals surface area contributed by atoms with Crippen molar-refractivity contribution in [1.29, 1.82) is 0 Å². The van der Waals surface area contributed by atoms with Gasteiger partial charge in [0.15, 0.2) is 6.33 Å². The molecule has 5 heteroatoms. The first-order chi connectivity index (χ1) is 5.93. The number of nitrogens with zero attached hydrogens (tertiary/aromatic N) is 2. The van der Waals surface area contributed by atoms with Gasteiger partial charge in [0.2, 0.25) is 5.89 Å². The summed E-state index contributed by atoms with van der Waals surface area (Å²) in [5.74, 6) is 0.676. The molecule has 0 aliphatic rings. The Balaban J connectivity index is 1.96. The van der Waals surface area contributed by atoms with Crippen molar-refractivity contribution in [2.24, 2.45) is 5.73 Å². The van der Waals surface area contributed by atoms with E-state index in [0.29, 0.717) is 5.89 Å². The van der Waals surface area contributed by atoms with E-state index in [1.54, 1.807) is 0 Å². The molecule has 1 aromatic heterocycles. The largest absolute Gasteiger partial charge is 0.340 e. The van der Waals surface area contributed by atoms with Gasteiger partial charge in [-0.05, 0) is 19.5 Å².